The van der Waals surface area contributed by atoms with Gasteiger partial charge in [-0.2, -0.15) is 0 Å². The van der Waals surface area contributed by atoms with Gasteiger partial charge in [-0.1, -0.05) is 38.3 Å². The summed E-state index contributed by atoms with van der Waals surface area (Å²) in [6, 6.07) is 11.0. The molecule has 1 aromatic heterocycles. The van der Waals surface area contributed by atoms with Crippen LogP contribution in [0.15, 0.2) is 47.6 Å². The molecule has 4 rings (SSSR count). The summed E-state index contributed by atoms with van der Waals surface area (Å²) < 4.78 is 1.65. The third-order valence-corrected chi connectivity index (χ3v) is 6.01. The fourth-order valence-electron chi connectivity index (χ4n) is 4.42. The van der Waals surface area contributed by atoms with E-state index in [1.807, 2.05) is 29.2 Å². The molecule has 2 aromatic rings. The minimum Gasteiger partial charge on any atom is -0.477 e. The number of benzene rings is 1. The maximum absolute atomic E-state index is 13.2. The molecule has 2 aliphatic rings. The summed E-state index contributed by atoms with van der Waals surface area (Å²) >= 11 is 0. The number of aromatic nitrogens is 1. The molecule has 1 saturated carbocycles. The summed E-state index contributed by atoms with van der Waals surface area (Å²) in [6.07, 6.45) is 8.55. The highest BCUT2D eigenvalue weighted by molar-refractivity contribution is 6.08. The lowest BCUT2D eigenvalue weighted by atomic mass is 9.98. The third kappa shape index (κ3) is 3.59. The molecule has 1 aliphatic heterocycles. The van der Waals surface area contributed by atoms with Crippen LogP contribution in [-0.2, 0) is 11.3 Å². The molecule has 1 N–H and O–H groups in total. The molecular weight excluding hydrogens is 366 g/mol. The molecule has 0 unspecified atom stereocenters. The first kappa shape index (κ1) is 19.4. The van der Waals surface area contributed by atoms with Crippen molar-refractivity contribution in [2.24, 2.45) is 4.99 Å². The van der Waals surface area contributed by atoms with Crippen LogP contribution in [0, 0.1) is 0 Å². The normalized spacial score (nSPS) is 17.9. The van der Waals surface area contributed by atoms with Crippen molar-refractivity contribution in [2.75, 3.05) is 0 Å². The van der Waals surface area contributed by atoms with Crippen LogP contribution in [0.25, 0.3) is 5.69 Å². The topological polar surface area (TPSA) is 74.9 Å². The van der Waals surface area contributed by atoms with Gasteiger partial charge in [0.1, 0.15) is 17.1 Å². The van der Waals surface area contributed by atoms with Crippen molar-refractivity contribution in [1.29, 1.82) is 0 Å². The van der Waals surface area contributed by atoms with Crippen molar-refractivity contribution >= 4 is 17.7 Å². The first-order valence-electron chi connectivity index (χ1n) is 10.4. The monoisotopic (exact) mass is 393 g/mol. The van der Waals surface area contributed by atoms with Crippen LogP contribution in [0.5, 0.6) is 0 Å². The smallest absolute Gasteiger partial charge is 0.352 e. The molecule has 2 heterocycles. The number of unbranched alkanes of at least 4 members (excludes halogenated alkanes) is 1. The molecule has 29 heavy (non-hydrogen) atoms. The fraction of sp³-hybridized carbons (Fsp3) is 0.435. The number of amidine groups is 1. The van der Waals surface area contributed by atoms with Crippen LogP contribution in [-0.4, -0.2) is 37.8 Å². The van der Waals surface area contributed by atoms with Crippen LogP contribution in [0.3, 0.4) is 0 Å². The van der Waals surface area contributed by atoms with Gasteiger partial charge in [0.2, 0.25) is 0 Å². The summed E-state index contributed by atoms with van der Waals surface area (Å²) in [6.45, 7) is 2.67. The standard InChI is InChI=1S/C23H27N3O3/c1-2-3-8-20-24-23(13-4-5-14-23)22(29)26(20)16-17-9-11-18(12-10-17)25-15-6-7-19(25)21(27)28/h6-7,9-12,15H,2-5,8,13-14,16H2,1H3,(H,27,28). The molecule has 1 amide bonds. The second kappa shape index (κ2) is 7.85. The Hall–Kier alpha value is -2.89. The van der Waals surface area contributed by atoms with E-state index in [4.69, 9.17) is 4.99 Å². The van der Waals surface area contributed by atoms with Crippen LogP contribution in [0.1, 0.15) is 67.9 Å². The van der Waals surface area contributed by atoms with E-state index in [-0.39, 0.29) is 11.6 Å². The zero-order valence-corrected chi connectivity index (χ0v) is 16.8. The number of hydrogen-bond donors (Lipinski definition) is 1. The van der Waals surface area contributed by atoms with E-state index in [2.05, 4.69) is 6.92 Å². The van der Waals surface area contributed by atoms with Gasteiger partial charge >= 0.3 is 5.97 Å². The second-order valence-corrected chi connectivity index (χ2v) is 8.00. The number of amides is 1. The molecule has 152 valence electrons. The molecule has 0 bridgehead atoms. The summed E-state index contributed by atoms with van der Waals surface area (Å²) in [5.74, 6) is 0.130. The van der Waals surface area contributed by atoms with Gasteiger partial charge in [0.15, 0.2) is 0 Å². The summed E-state index contributed by atoms with van der Waals surface area (Å²) in [5.41, 5.74) is 1.52. The average molecular weight is 393 g/mol. The molecule has 0 radical (unpaired) electrons. The van der Waals surface area contributed by atoms with E-state index in [1.165, 1.54) is 0 Å². The molecule has 1 fully saturated rings. The predicted molar refractivity (Wildman–Crippen MR) is 111 cm³/mol. The van der Waals surface area contributed by atoms with Gasteiger partial charge in [-0.05, 0) is 49.1 Å². The predicted octanol–water partition coefficient (Wildman–Crippen LogP) is 4.42. The van der Waals surface area contributed by atoms with Gasteiger partial charge in [-0.3, -0.25) is 14.7 Å². The fourth-order valence-corrected chi connectivity index (χ4v) is 4.42. The lowest BCUT2D eigenvalue weighted by Gasteiger charge is -2.23. The van der Waals surface area contributed by atoms with Crippen molar-refractivity contribution in [3.8, 4) is 5.69 Å². The van der Waals surface area contributed by atoms with E-state index >= 15 is 0 Å². The van der Waals surface area contributed by atoms with E-state index in [9.17, 15) is 14.7 Å². The number of hydrogen-bond acceptors (Lipinski definition) is 3. The maximum Gasteiger partial charge on any atom is 0.352 e. The van der Waals surface area contributed by atoms with Crippen LogP contribution < -0.4 is 0 Å². The Morgan fingerprint density at radius 2 is 1.90 bits per heavy atom. The maximum atomic E-state index is 13.2. The first-order valence-corrected chi connectivity index (χ1v) is 10.4. The van der Waals surface area contributed by atoms with Gasteiger partial charge in [-0.25, -0.2) is 4.79 Å². The zero-order valence-electron chi connectivity index (χ0n) is 16.8. The minimum atomic E-state index is -0.958. The number of carboxylic acids is 1. The quantitative estimate of drug-likeness (QED) is 0.757. The van der Waals surface area contributed by atoms with E-state index < -0.39 is 11.5 Å². The number of aliphatic imine (C=N–C) groups is 1. The first-order chi connectivity index (χ1) is 14.0. The van der Waals surface area contributed by atoms with E-state index in [0.29, 0.717) is 6.54 Å². The Bertz CT molecular complexity index is 937. The second-order valence-electron chi connectivity index (χ2n) is 8.00. The lowest BCUT2D eigenvalue weighted by Crippen LogP contribution is -2.40. The molecule has 1 aliphatic carbocycles. The van der Waals surface area contributed by atoms with Crippen molar-refractivity contribution in [1.82, 2.24) is 9.47 Å². The third-order valence-electron chi connectivity index (χ3n) is 6.01. The largest absolute Gasteiger partial charge is 0.477 e. The van der Waals surface area contributed by atoms with E-state index in [0.717, 1.165) is 62.0 Å². The number of aromatic carboxylic acids is 1. The SMILES string of the molecule is CCCCC1=NC2(CCCC2)C(=O)N1Cc1ccc(-n2cccc2C(=O)O)cc1. The number of carbonyl (C=O) groups excluding carboxylic acids is 1. The number of carboxylic acid groups (broad SMARTS) is 1. The van der Waals surface area contributed by atoms with E-state index in [1.54, 1.807) is 22.9 Å². The Labute approximate surface area is 170 Å². The molecule has 1 aromatic carbocycles. The van der Waals surface area contributed by atoms with Gasteiger partial charge in [0.25, 0.3) is 5.91 Å². The number of carbonyl (C=O) groups is 2. The Morgan fingerprint density at radius 3 is 2.55 bits per heavy atom. The minimum absolute atomic E-state index is 0.156. The summed E-state index contributed by atoms with van der Waals surface area (Å²) in [4.78, 5) is 31.4. The van der Waals surface area contributed by atoms with Crippen molar-refractivity contribution in [2.45, 2.75) is 64.0 Å². The molecule has 6 heteroatoms. The number of rotatable bonds is 7. The number of nitrogens with zero attached hydrogens (tertiary/aromatic N) is 3. The van der Waals surface area contributed by atoms with Crippen LogP contribution in [0.4, 0.5) is 0 Å². The van der Waals surface area contributed by atoms with Gasteiger partial charge in [-0.15, -0.1) is 0 Å². The summed E-state index contributed by atoms with van der Waals surface area (Å²) in [5, 5.41) is 9.31. The van der Waals surface area contributed by atoms with Crippen molar-refractivity contribution in [3.05, 3.63) is 53.9 Å². The van der Waals surface area contributed by atoms with Gasteiger partial charge < -0.3 is 9.67 Å². The van der Waals surface area contributed by atoms with Crippen molar-refractivity contribution in [3.63, 3.8) is 0 Å². The molecule has 6 nitrogen and oxygen atoms in total. The van der Waals surface area contributed by atoms with Crippen LogP contribution in [0.2, 0.25) is 0 Å². The molecule has 0 atom stereocenters. The van der Waals surface area contributed by atoms with Crippen molar-refractivity contribution < 1.29 is 14.7 Å². The highest BCUT2D eigenvalue weighted by Crippen LogP contribution is 2.40. The molecule has 1 spiro atoms. The van der Waals surface area contributed by atoms with Gasteiger partial charge in [0.05, 0.1) is 6.54 Å². The highest BCUT2D eigenvalue weighted by atomic mass is 16.4. The van der Waals surface area contributed by atoms with Crippen LogP contribution >= 0.6 is 0 Å². The Balaban J connectivity index is 1.55. The Kier molecular flexibility index (Phi) is 5.26. The lowest BCUT2D eigenvalue weighted by molar-refractivity contribution is -0.131. The molecular formula is C23H27N3O3. The summed E-state index contributed by atoms with van der Waals surface area (Å²) in [7, 11) is 0. The highest BCUT2D eigenvalue weighted by Gasteiger charge is 2.49. The molecule has 0 saturated heterocycles. The average Bonchev–Trinajstić information content (AvgIpc) is 3.44. The van der Waals surface area contributed by atoms with Gasteiger partial charge in [0, 0.05) is 18.3 Å². The Morgan fingerprint density at radius 1 is 1.17 bits per heavy atom. The zero-order chi connectivity index (χ0) is 20.4.